The summed E-state index contributed by atoms with van der Waals surface area (Å²) in [6.07, 6.45) is 2.00. The van der Waals surface area contributed by atoms with Gasteiger partial charge in [0.25, 0.3) is 0 Å². The van der Waals surface area contributed by atoms with E-state index in [1.807, 2.05) is 0 Å². The zero-order valence-corrected chi connectivity index (χ0v) is 9.90. The molecule has 0 spiro atoms. The van der Waals surface area contributed by atoms with Gasteiger partial charge in [0.05, 0.1) is 12.8 Å². The van der Waals surface area contributed by atoms with Crippen molar-refractivity contribution < 1.29 is 14.3 Å². The molecule has 1 heterocycles. The van der Waals surface area contributed by atoms with Gasteiger partial charge in [-0.25, -0.2) is 9.97 Å². The maximum absolute atomic E-state index is 11.5. The third-order valence-electron chi connectivity index (χ3n) is 2.10. The lowest BCUT2D eigenvalue weighted by molar-refractivity contribution is -0.143. The van der Waals surface area contributed by atoms with Gasteiger partial charge in [-0.05, 0) is 24.1 Å². The van der Waals surface area contributed by atoms with Crippen LogP contribution in [-0.2, 0) is 14.3 Å². The van der Waals surface area contributed by atoms with Crippen LogP contribution in [0.3, 0.4) is 0 Å². The van der Waals surface area contributed by atoms with Gasteiger partial charge in [0.2, 0.25) is 5.28 Å². The van der Waals surface area contributed by atoms with Gasteiger partial charge in [-0.2, -0.15) is 0 Å². The summed E-state index contributed by atoms with van der Waals surface area (Å²) >= 11 is 5.67. The molecule has 16 heavy (non-hydrogen) atoms. The molecule has 1 rings (SSSR count). The Bertz CT molecular complexity index is 360. The lowest BCUT2D eigenvalue weighted by Gasteiger charge is -2.13. The van der Waals surface area contributed by atoms with Gasteiger partial charge < -0.3 is 9.47 Å². The molecule has 0 saturated carbocycles. The van der Waals surface area contributed by atoms with Crippen molar-refractivity contribution in [2.75, 3.05) is 20.8 Å². The summed E-state index contributed by atoms with van der Waals surface area (Å²) in [4.78, 5) is 19.3. The predicted molar refractivity (Wildman–Crippen MR) is 58.3 cm³/mol. The first kappa shape index (κ1) is 12.9. The van der Waals surface area contributed by atoms with Crippen molar-refractivity contribution in [2.45, 2.75) is 12.3 Å². The lowest BCUT2D eigenvalue weighted by Crippen LogP contribution is -2.17. The molecule has 1 unspecified atom stereocenters. The van der Waals surface area contributed by atoms with Crippen molar-refractivity contribution in [1.29, 1.82) is 0 Å². The molecule has 0 aliphatic carbocycles. The van der Waals surface area contributed by atoms with Crippen molar-refractivity contribution in [3.05, 3.63) is 23.2 Å². The monoisotopic (exact) mass is 244 g/mol. The van der Waals surface area contributed by atoms with Crippen molar-refractivity contribution in [3.63, 3.8) is 0 Å². The highest BCUT2D eigenvalue weighted by Gasteiger charge is 2.22. The Hall–Kier alpha value is -1.20. The maximum atomic E-state index is 11.5. The standard InChI is InChI=1S/C10H13ClN2O3/c1-15-6-4-7(9(14)16-2)8-3-5-12-10(11)13-8/h3,5,7H,4,6H2,1-2H3. The highest BCUT2D eigenvalue weighted by atomic mass is 35.5. The normalized spacial score (nSPS) is 12.2. The fourth-order valence-corrected chi connectivity index (χ4v) is 1.46. The highest BCUT2D eigenvalue weighted by molar-refractivity contribution is 6.28. The van der Waals surface area contributed by atoms with Crippen LogP contribution in [0.25, 0.3) is 0 Å². The number of methoxy groups -OCH3 is 2. The number of esters is 1. The number of hydrogen-bond acceptors (Lipinski definition) is 5. The van der Waals surface area contributed by atoms with Gasteiger partial charge in [0, 0.05) is 19.9 Å². The number of halogens is 1. The number of nitrogens with zero attached hydrogens (tertiary/aromatic N) is 2. The number of hydrogen-bond donors (Lipinski definition) is 0. The number of rotatable bonds is 5. The second-order valence-corrected chi connectivity index (χ2v) is 3.45. The van der Waals surface area contributed by atoms with Crippen molar-refractivity contribution in [3.8, 4) is 0 Å². The Morgan fingerprint density at radius 1 is 1.56 bits per heavy atom. The summed E-state index contributed by atoms with van der Waals surface area (Å²) in [6, 6.07) is 1.64. The van der Waals surface area contributed by atoms with Crippen LogP contribution in [0, 0.1) is 0 Å². The molecule has 1 aromatic rings. The van der Waals surface area contributed by atoms with E-state index in [0.29, 0.717) is 18.7 Å². The molecule has 0 aliphatic heterocycles. The molecule has 0 N–H and O–H groups in total. The van der Waals surface area contributed by atoms with Gasteiger partial charge in [0.1, 0.15) is 5.92 Å². The zero-order chi connectivity index (χ0) is 12.0. The molecule has 0 aliphatic rings. The number of aromatic nitrogens is 2. The van der Waals surface area contributed by atoms with Crippen LogP contribution in [0.4, 0.5) is 0 Å². The Labute approximate surface area is 98.8 Å². The molecule has 1 atom stereocenters. The fraction of sp³-hybridized carbons (Fsp3) is 0.500. The summed E-state index contributed by atoms with van der Waals surface area (Å²) in [7, 11) is 2.91. The van der Waals surface area contributed by atoms with Gasteiger partial charge in [-0.1, -0.05) is 0 Å². The SMILES string of the molecule is COCCC(C(=O)OC)c1ccnc(Cl)n1. The minimum absolute atomic E-state index is 0.115. The zero-order valence-electron chi connectivity index (χ0n) is 9.14. The first-order valence-corrected chi connectivity index (χ1v) is 5.12. The van der Waals surface area contributed by atoms with Crippen LogP contribution in [0.1, 0.15) is 18.0 Å². The van der Waals surface area contributed by atoms with E-state index in [2.05, 4.69) is 9.97 Å². The first-order valence-electron chi connectivity index (χ1n) is 4.74. The second-order valence-electron chi connectivity index (χ2n) is 3.11. The van der Waals surface area contributed by atoms with Gasteiger partial charge >= 0.3 is 5.97 Å². The fourth-order valence-electron chi connectivity index (χ4n) is 1.31. The average Bonchev–Trinajstić information content (AvgIpc) is 2.29. The first-order chi connectivity index (χ1) is 7.69. The van der Waals surface area contributed by atoms with E-state index < -0.39 is 5.92 Å². The number of carbonyl (C=O) groups excluding carboxylic acids is 1. The molecule has 88 valence electrons. The summed E-state index contributed by atoms with van der Waals surface area (Å²) in [5.41, 5.74) is 0.545. The van der Waals surface area contributed by atoms with Crippen molar-refractivity contribution >= 4 is 17.6 Å². The van der Waals surface area contributed by atoms with E-state index in [4.69, 9.17) is 21.1 Å². The van der Waals surface area contributed by atoms with Gasteiger partial charge in [-0.15, -0.1) is 0 Å². The molecule has 6 heteroatoms. The molecule has 5 nitrogen and oxygen atoms in total. The minimum atomic E-state index is -0.467. The van der Waals surface area contributed by atoms with E-state index >= 15 is 0 Å². The van der Waals surface area contributed by atoms with E-state index in [1.54, 1.807) is 13.2 Å². The second kappa shape index (κ2) is 6.40. The van der Waals surface area contributed by atoms with Crippen LogP contribution in [-0.4, -0.2) is 36.8 Å². The van der Waals surface area contributed by atoms with Crippen LogP contribution in [0.5, 0.6) is 0 Å². The largest absolute Gasteiger partial charge is 0.469 e. The molecule has 1 aromatic heterocycles. The van der Waals surface area contributed by atoms with E-state index in [9.17, 15) is 4.79 Å². The Balaban J connectivity index is 2.87. The Kier molecular flexibility index (Phi) is 5.14. The van der Waals surface area contributed by atoms with Crippen LogP contribution >= 0.6 is 11.6 Å². The summed E-state index contributed by atoms with van der Waals surface area (Å²) in [6.45, 7) is 0.446. The van der Waals surface area contributed by atoms with Crippen LogP contribution in [0.15, 0.2) is 12.3 Å². The number of carbonyl (C=O) groups is 1. The molecule has 0 aromatic carbocycles. The van der Waals surface area contributed by atoms with E-state index in [0.717, 1.165) is 0 Å². The van der Waals surface area contributed by atoms with Gasteiger partial charge in [-0.3, -0.25) is 4.79 Å². The Morgan fingerprint density at radius 2 is 2.31 bits per heavy atom. The molecular weight excluding hydrogens is 232 g/mol. The summed E-state index contributed by atoms with van der Waals surface area (Å²) < 4.78 is 9.64. The van der Waals surface area contributed by atoms with Crippen LogP contribution < -0.4 is 0 Å². The molecule has 0 amide bonds. The molecule has 0 radical (unpaired) electrons. The van der Waals surface area contributed by atoms with E-state index in [-0.39, 0.29) is 11.3 Å². The molecule has 0 saturated heterocycles. The highest BCUT2D eigenvalue weighted by Crippen LogP contribution is 2.19. The topological polar surface area (TPSA) is 61.3 Å². The van der Waals surface area contributed by atoms with E-state index in [1.165, 1.54) is 13.3 Å². The maximum Gasteiger partial charge on any atom is 0.314 e. The Morgan fingerprint density at radius 3 is 2.88 bits per heavy atom. The quantitative estimate of drug-likeness (QED) is 0.579. The molecule has 0 bridgehead atoms. The van der Waals surface area contributed by atoms with Crippen molar-refractivity contribution in [1.82, 2.24) is 9.97 Å². The third kappa shape index (κ3) is 3.43. The summed E-state index contributed by atoms with van der Waals surface area (Å²) in [5, 5.41) is 0.115. The lowest BCUT2D eigenvalue weighted by atomic mass is 10.0. The molecule has 0 fully saturated rings. The van der Waals surface area contributed by atoms with Crippen molar-refractivity contribution in [2.24, 2.45) is 0 Å². The average molecular weight is 245 g/mol. The molecular formula is C10H13ClN2O3. The summed E-state index contributed by atoms with van der Waals surface area (Å²) in [5.74, 6) is -0.822. The van der Waals surface area contributed by atoms with Gasteiger partial charge in [0.15, 0.2) is 0 Å². The van der Waals surface area contributed by atoms with Crippen LogP contribution in [0.2, 0.25) is 5.28 Å². The smallest absolute Gasteiger partial charge is 0.314 e. The third-order valence-corrected chi connectivity index (χ3v) is 2.28. The predicted octanol–water partition coefficient (Wildman–Crippen LogP) is 1.42. The minimum Gasteiger partial charge on any atom is -0.469 e. The number of ether oxygens (including phenoxy) is 2.